The lowest BCUT2D eigenvalue weighted by molar-refractivity contribution is -0.115. The summed E-state index contributed by atoms with van der Waals surface area (Å²) >= 11 is 1.44. The topological polar surface area (TPSA) is 59.8 Å². The van der Waals surface area contributed by atoms with Crippen LogP contribution in [0.2, 0.25) is 0 Å². The van der Waals surface area contributed by atoms with Crippen LogP contribution < -0.4 is 5.32 Å². The average Bonchev–Trinajstić information content (AvgIpc) is 3.06. The molecule has 3 aromatic rings. The predicted octanol–water partition coefficient (Wildman–Crippen LogP) is 5.40. The van der Waals surface area contributed by atoms with E-state index in [0.29, 0.717) is 0 Å². The maximum Gasteiger partial charge on any atom is 0.237 e. The molecule has 152 valence electrons. The third-order valence-corrected chi connectivity index (χ3v) is 5.81. The molecule has 0 fully saturated rings. The molecule has 3 rings (SSSR count). The lowest BCUT2D eigenvalue weighted by atomic mass is 10.1. The normalized spacial score (nSPS) is 12.0. The minimum atomic E-state index is -0.291. The van der Waals surface area contributed by atoms with E-state index in [0.717, 1.165) is 40.8 Å². The molecule has 0 unspecified atom stereocenters. The highest BCUT2D eigenvalue weighted by atomic mass is 32.2. The Morgan fingerprint density at radius 1 is 1.10 bits per heavy atom. The standard InChI is InChI=1S/C23H28N4OS/c1-6-12-27-21(19-9-7-8-15(2)14-19)25-26-23(27)29-18(5)22(28)24-20-11-10-16(3)13-17(20)4/h7-11,13-14,18H,6,12H2,1-5H3,(H,24,28)/t18-/m1/s1. The molecule has 0 aliphatic heterocycles. The highest BCUT2D eigenvalue weighted by Gasteiger charge is 2.21. The first-order valence-electron chi connectivity index (χ1n) is 9.94. The zero-order chi connectivity index (χ0) is 21.0. The second kappa shape index (κ2) is 9.27. The lowest BCUT2D eigenvalue weighted by Crippen LogP contribution is -2.23. The summed E-state index contributed by atoms with van der Waals surface area (Å²) < 4.78 is 2.11. The first-order valence-corrected chi connectivity index (χ1v) is 10.8. The van der Waals surface area contributed by atoms with Crippen molar-refractivity contribution in [1.29, 1.82) is 0 Å². The summed E-state index contributed by atoms with van der Waals surface area (Å²) in [5.41, 5.74) is 5.32. The number of benzene rings is 2. The fourth-order valence-corrected chi connectivity index (χ4v) is 4.07. The van der Waals surface area contributed by atoms with Gasteiger partial charge in [-0.15, -0.1) is 10.2 Å². The largest absolute Gasteiger partial charge is 0.325 e. The first-order chi connectivity index (χ1) is 13.9. The zero-order valence-electron chi connectivity index (χ0n) is 17.7. The Morgan fingerprint density at radius 3 is 2.55 bits per heavy atom. The summed E-state index contributed by atoms with van der Waals surface area (Å²) in [7, 11) is 0. The minimum absolute atomic E-state index is 0.0369. The van der Waals surface area contributed by atoms with Gasteiger partial charge in [-0.05, 0) is 51.8 Å². The molecule has 1 aromatic heterocycles. The van der Waals surface area contributed by atoms with Crippen LogP contribution in [-0.2, 0) is 11.3 Å². The molecule has 29 heavy (non-hydrogen) atoms. The van der Waals surface area contributed by atoms with Crippen molar-refractivity contribution < 1.29 is 4.79 Å². The molecule has 0 spiro atoms. The number of hydrogen-bond donors (Lipinski definition) is 1. The SMILES string of the molecule is CCCn1c(S[C@H](C)C(=O)Nc2ccc(C)cc2C)nnc1-c1cccc(C)c1. The number of hydrogen-bond acceptors (Lipinski definition) is 4. The highest BCUT2D eigenvalue weighted by Crippen LogP contribution is 2.28. The summed E-state index contributed by atoms with van der Waals surface area (Å²) in [4.78, 5) is 12.8. The Kier molecular flexibility index (Phi) is 6.75. The Morgan fingerprint density at radius 2 is 1.86 bits per heavy atom. The fourth-order valence-electron chi connectivity index (χ4n) is 3.20. The van der Waals surface area contributed by atoms with E-state index in [1.165, 1.54) is 22.9 Å². The van der Waals surface area contributed by atoms with Crippen LogP contribution >= 0.6 is 11.8 Å². The Hall–Kier alpha value is -2.60. The molecule has 5 nitrogen and oxygen atoms in total. The molecule has 1 amide bonds. The van der Waals surface area contributed by atoms with Crippen molar-refractivity contribution in [3.63, 3.8) is 0 Å². The second-order valence-corrected chi connectivity index (χ2v) is 8.70. The molecule has 0 saturated heterocycles. The van der Waals surface area contributed by atoms with E-state index in [2.05, 4.69) is 52.1 Å². The summed E-state index contributed by atoms with van der Waals surface area (Å²) in [6.07, 6.45) is 0.966. The number of aromatic nitrogens is 3. The van der Waals surface area contributed by atoms with E-state index in [-0.39, 0.29) is 11.2 Å². The molecule has 6 heteroatoms. The molecule has 2 aromatic carbocycles. The third-order valence-electron chi connectivity index (χ3n) is 4.73. The smallest absolute Gasteiger partial charge is 0.237 e. The molecular weight excluding hydrogens is 380 g/mol. The molecule has 0 radical (unpaired) electrons. The second-order valence-electron chi connectivity index (χ2n) is 7.40. The van der Waals surface area contributed by atoms with Crippen LogP contribution in [0, 0.1) is 20.8 Å². The van der Waals surface area contributed by atoms with Crippen molar-refractivity contribution in [2.75, 3.05) is 5.32 Å². The first kappa shape index (κ1) is 21.1. The quantitative estimate of drug-likeness (QED) is 0.532. The van der Waals surface area contributed by atoms with Gasteiger partial charge in [0.05, 0.1) is 5.25 Å². The van der Waals surface area contributed by atoms with Gasteiger partial charge in [0.2, 0.25) is 5.91 Å². The number of nitrogens with zero attached hydrogens (tertiary/aromatic N) is 3. The molecule has 0 aliphatic carbocycles. The molecule has 0 saturated carbocycles. The number of rotatable bonds is 7. The van der Waals surface area contributed by atoms with Gasteiger partial charge in [-0.25, -0.2) is 0 Å². The summed E-state index contributed by atoms with van der Waals surface area (Å²) in [6, 6.07) is 14.3. The van der Waals surface area contributed by atoms with Gasteiger partial charge in [-0.3, -0.25) is 4.79 Å². The number of amides is 1. The van der Waals surface area contributed by atoms with Crippen molar-refractivity contribution >= 4 is 23.4 Å². The molecule has 1 N–H and O–H groups in total. The van der Waals surface area contributed by atoms with Crippen molar-refractivity contribution in [2.24, 2.45) is 0 Å². The van der Waals surface area contributed by atoms with Gasteiger partial charge in [-0.1, -0.05) is 60.1 Å². The number of carbonyl (C=O) groups excluding carboxylic acids is 1. The van der Waals surface area contributed by atoms with Gasteiger partial charge in [0.25, 0.3) is 0 Å². The number of nitrogens with one attached hydrogen (secondary N) is 1. The average molecular weight is 409 g/mol. The van der Waals surface area contributed by atoms with E-state index >= 15 is 0 Å². The maximum atomic E-state index is 12.8. The van der Waals surface area contributed by atoms with E-state index < -0.39 is 0 Å². The van der Waals surface area contributed by atoms with Gasteiger partial charge in [0.1, 0.15) is 0 Å². The minimum Gasteiger partial charge on any atom is -0.325 e. The number of thioether (sulfide) groups is 1. The van der Waals surface area contributed by atoms with Crippen LogP contribution in [0.1, 0.15) is 37.0 Å². The molecular formula is C23H28N4OS. The Bertz CT molecular complexity index is 1010. The number of carbonyl (C=O) groups is 1. The van der Waals surface area contributed by atoms with Crippen LogP contribution in [0.3, 0.4) is 0 Å². The van der Waals surface area contributed by atoms with Gasteiger partial charge in [0.15, 0.2) is 11.0 Å². The van der Waals surface area contributed by atoms with Gasteiger partial charge in [-0.2, -0.15) is 0 Å². The van der Waals surface area contributed by atoms with Crippen molar-refractivity contribution in [1.82, 2.24) is 14.8 Å². The van der Waals surface area contributed by atoms with Crippen LogP contribution in [0.15, 0.2) is 47.6 Å². The monoisotopic (exact) mass is 408 g/mol. The van der Waals surface area contributed by atoms with Crippen molar-refractivity contribution in [3.8, 4) is 11.4 Å². The van der Waals surface area contributed by atoms with Crippen LogP contribution in [0.25, 0.3) is 11.4 Å². The molecule has 1 heterocycles. The van der Waals surface area contributed by atoms with Crippen LogP contribution in [0.5, 0.6) is 0 Å². The molecule has 1 atom stereocenters. The van der Waals surface area contributed by atoms with Crippen molar-refractivity contribution in [2.45, 2.75) is 58.0 Å². The molecule has 0 bridgehead atoms. The fraction of sp³-hybridized carbons (Fsp3) is 0.348. The highest BCUT2D eigenvalue weighted by molar-refractivity contribution is 8.00. The van der Waals surface area contributed by atoms with E-state index in [4.69, 9.17) is 0 Å². The maximum absolute atomic E-state index is 12.8. The van der Waals surface area contributed by atoms with Gasteiger partial charge >= 0.3 is 0 Å². The Balaban J connectivity index is 1.79. The summed E-state index contributed by atoms with van der Waals surface area (Å²) in [5, 5.41) is 12.3. The van der Waals surface area contributed by atoms with Gasteiger partial charge in [0, 0.05) is 17.8 Å². The Labute approximate surface area is 176 Å². The zero-order valence-corrected chi connectivity index (χ0v) is 18.5. The summed E-state index contributed by atoms with van der Waals surface area (Å²) in [5.74, 6) is 0.810. The van der Waals surface area contributed by atoms with E-state index in [1.54, 1.807) is 0 Å². The van der Waals surface area contributed by atoms with Gasteiger partial charge < -0.3 is 9.88 Å². The lowest BCUT2D eigenvalue weighted by Gasteiger charge is -2.15. The number of aryl methyl sites for hydroxylation is 3. The van der Waals surface area contributed by atoms with E-state index in [1.807, 2.05) is 45.0 Å². The van der Waals surface area contributed by atoms with E-state index in [9.17, 15) is 4.79 Å². The number of anilines is 1. The molecule has 0 aliphatic rings. The third kappa shape index (κ3) is 5.07. The summed E-state index contributed by atoms with van der Waals surface area (Å²) in [6.45, 7) is 11.0. The van der Waals surface area contributed by atoms with Crippen LogP contribution in [-0.4, -0.2) is 25.9 Å². The van der Waals surface area contributed by atoms with Crippen LogP contribution in [0.4, 0.5) is 5.69 Å². The predicted molar refractivity (Wildman–Crippen MR) is 120 cm³/mol. The van der Waals surface area contributed by atoms with Crippen molar-refractivity contribution in [3.05, 3.63) is 59.2 Å².